The SMILES string of the molecule is CCCOc1ccc(-c2nn(-c3ccccc3)cc2/C=N\NC(=O)c2cc3ccccc3o2)cc1. The molecule has 35 heavy (non-hydrogen) atoms. The number of ether oxygens (including phenoxy) is 1. The smallest absolute Gasteiger partial charge is 0.307 e. The summed E-state index contributed by atoms with van der Waals surface area (Å²) in [6.45, 7) is 2.74. The molecule has 0 unspecified atom stereocenters. The van der Waals surface area contributed by atoms with Crippen LogP contribution in [0.3, 0.4) is 0 Å². The highest BCUT2D eigenvalue weighted by molar-refractivity contribution is 5.97. The molecule has 0 radical (unpaired) electrons. The fourth-order valence-corrected chi connectivity index (χ4v) is 3.66. The number of aromatic nitrogens is 2. The van der Waals surface area contributed by atoms with Gasteiger partial charge in [0.05, 0.1) is 18.5 Å². The van der Waals surface area contributed by atoms with E-state index in [2.05, 4.69) is 17.5 Å². The number of amides is 1. The van der Waals surface area contributed by atoms with E-state index in [-0.39, 0.29) is 5.76 Å². The summed E-state index contributed by atoms with van der Waals surface area (Å²) in [4.78, 5) is 12.6. The van der Waals surface area contributed by atoms with Crippen LogP contribution in [0.4, 0.5) is 0 Å². The summed E-state index contributed by atoms with van der Waals surface area (Å²) >= 11 is 0. The second-order valence-electron chi connectivity index (χ2n) is 7.93. The summed E-state index contributed by atoms with van der Waals surface area (Å²) in [7, 11) is 0. The van der Waals surface area contributed by atoms with E-state index in [0.717, 1.165) is 40.1 Å². The van der Waals surface area contributed by atoms with Crippen molar-refractivity contribution in [1.29, 1.82) is 0 Å². The number of furan rings is 1. The van der Waals surface area contributed by atoms with Gasteiger partial charge >= 0.3 is 5.91 Å². The minimum Gasteiger partial charge on any atom is -0.494 e. The minimum atomic E-state index is -0.424. The molecule has 0 atom stereocenters. The van der Waals surface area contributed by atoms with Crippen LogP contribution in [0.1, 0.15) is 29.5 Å². The van der Waals surface area contributed by atoms with Crippen molar-refractivity contribution in [3.05, 3.63) is 102 Å². The van der Waals surface area contributed by atoms with Gasteiger partial charge in [-0.3, -0.25) is 4.79 Å². The lowest BCUT2D eigenvalue weighted by Crippen LogP contribution is -2.16. The molecular formula is C28H24N4O3. The number of carbonyl (C=O) groups is 1. The molecule has 3 aromatic carbocycles. The van der Waals surface area contributed by atoms with Gasteiger partial charge in [-0.2, -0.15) is 10.2 Å². The first-order valence-electron chi connectivity index (χ1n) is 11.4. The number of rotatable bonds is 8. The molecule has 7 heteroatoms. The van der Waals surface area contributed by atoms with Crippen molar-refractivity contribution in [3.63, 3.8) is 0 Å². The molecule has 0 aliphatic heterocycles. The van der Waals surface area contributed by atoms with E-state index in [1.165, 1.54) is 0 Å². The number of hydrazone groups is 1. The summed E-state index contributed by atoms with van der Waals surface area (Å²) < 4.78 is 13.1. The zero-order valence-electron chi connectivity index (χ0n) is 19.2. The first-order valence-corrected chi connectivity index (χ1v) is 11.4. The van der Waals surface area contributed by atoms with Gasteiger partial charge in [0.1, 0.15) is 17.0 Å². The van der Waals surface area contributed by atoms with Crippen LogP contribution in [0, 0.1) is 0 Å². The van der Waals surface area contributed by atoms with Gasteiger partial charge < -0.3 is 9.15 Å². The van der Waals surface area contributed by atoms with E-state index in [4.69, 9.17) is 14.3 Å². The third-order valence-electron chi connectivity index (χ3n) is 5.38. The quantitative estimate of drug-likeness (QED) is 0.231. The van der Waals surface area contributed by atoms with Crippen molar-refractivity contribution in [3.8, 4) is 22.7 Å². The molecule has 2 heterocycles. The van der Waals surface area contributed by atoms with Crippen molar-refractivity contribution in [2.45, 2.75) is 13.3 Å². The molecule has 174 valence electrons. The Morgan fingerprint density at radius 1 is 1.06 bits per heavy atom. The fourth-order valence-electron chi connectivity index (χ4n) is 3.66. The molecule has 5 rings (SSSR count). The van der Waals surface area contributed by atoms with Crippen LogP contribution in [-0.2, 0) is 0 Å². The molecule has 0 saturated carbocycles. The van der Waals surface area contributed by atoms with Crippen molar-refractivity contribution >= 4 is 23.1 Å². The van der Waals surface area contributed by atoms with E-state index < -0.39 is 5.91 Å². The Bertz CT molecular complexity index is 1430. The average molecular weight is 465 g/mol. The molecule has 0 saturated heterocycles. The number of hydrogen-bond donors (Lipinski definition) is 1. The Labute approximate surface area is 202 Å². The number of nitrogens with one attached hydrogen (secondary N) is 1. The highest BCUT2D eigenvalue weighted by Crippen LogP contribution is 2.25. The lowest BCUT2D eigenvalue weighted by atomic mass is 10.1. The lowest BCUT2D eigenvalue weighted by molar-refractivity contribution is 0.0929. The standard InChI is InChI=1S/C28H24N4O3/c1-2-16-34-24-14-12-20(13-15-24)27-22(19-32(31-27)23-9-4-3-5-10-23)18-29-30-28(33)26-17-21-8-6-7-11-25(21)35-26/h3-15,17-19H,2,16H2,1H3,(H,30,33)/b29-18-. The molecule has 0 spiro atoms. The summed E-state index contributed by atoms with van der Waals surface area (Å²) in [6.07, 6.45) is 4.41. The molecule has 0 aliphatic rings. The van der Waals surface area contributed by atoms with Crippen LogP contribution in [0.5, 0.6) is 5.75 Å². The highest BCUT2D eigenvalue weighted by Gasteiger charge is 2.13. The van der Waals surface area contributed by atoms with Crippen LogP contribution in [0.2, 0.25) is 0 Å². The number of benzene rings is 3. The van der Waals surface area contributed by atoms with Gasteiger partial charge in [0, 0.05) is 22.7 Å². The van der Waals surface area contributed by atoms with Crippen molar-refractivity contribution in [1.82, 2.24) is 15.2 Å². The van der Waals surface area contributed by atoms with E-state index in [1.807, 2.05) is 85.1 Å². The summed E-state index contributed by atoms with van der Waals surface area (Å²) in [5, 5.41) is 9.82. The third-order valence-corrected chi connectivity index (χ3v) is 5.38. The first-order chi connectivity index (χ1) is 17.2. The van der Waals surface area contributed by atoms with Crippen molar-refractivity contribution in [2.75, 3.05) is 6.61 Å². The van der Waals surface area contributed by atoms with Crippen molar-refractivity contribution < 1.29 is 13.9 Å². The summed E-state index contributed by atoms with van der Waals surface area (Å²) in [5.41, 5.74) is 6.51. The number of para-hydroxylation sites is 2. The first kappa shape index (κ1) is 22.2. The Kier molecular flexibility index (Phi) is 6.39. The van der Waals surface area contributed by atoms with E-state index in [1.54, 1.807) is 17.0 Å². The van der Waals surface area contributed by atoms with E-state index in [0.29, 0.717) is 12.2 Å². The van der Waals surface area contributed by atoms with Gasteiger partial charge in [-0.05, 0) is 55.0 Å². The molecule has 1 amide bonds. The molecule has 0 bridgehead atoms. The Hall–Kier alpha value is -4.65. The number of hydrogen-bond acceptors (Lipinski definition) is 5. The highest BCUT2D eigenvalue weighted by atomic mass is 16.5. The topological polar surface area (TPSA) is 81.6 Å². The van der Waals surface area contributed by atoms with Gasteiger partial charge in [0.15, 0.2) is 5.76 Å². The monoisotopic (exact) mass is 464 g/mol. The Morgan fingerprint density at radius 3 is 2.60 bits per heavy atom. The Balaban J connectivity index is 1.41. The van der Waals surface area contributed by atoms with Gasteiger partial charge in [-0.25, -0.2) is 10.1 Å². The molecule has 0 aliphatic carbocycles. The molecule has 0 fully saturated rings. The van der Waals surface area contributed by atoms with Gasteiger partial charge in [-0.15, -0.1) is 0 Å². The second kappa shape index (κ2) is 10.1. The average Bonchev–Trinajstić information content (AvgIpc) is 3.53. The minimum absolute atomic E-state index is 0.200. The zero-order valence-corrected chi connectivity index (χ0v) is 19.2. The maximum absolute atomic E-state index is 12.6. The molecule has 7 nitrogen and oxygen atoms in total. The van der Waals surface area contributed by atoms with Crippen LogP contribution in [0.25, 0.3) is 27.9 Å². The zero-order chi connectivity index (χ0) is 24.0. The third kappa shape index (κ3) is 4.99. The van der Waals surface area contributed by atoms with Crippen LogP contribution < -0.4 is 10.2 Å². The van der Waals surface area contributed by atoms with E-state index in [9.17, 15) is 4.79 Å². The lowest BCUT2D eigenvalue weighted by Gasteiger charge is -2.05. The van der Waals surface area contributed by atoms with Gasteiger partial charge in [0.25, 0.3) is 0 Å². The molecular weight excluding hydrogens is 440 g/mol. The van der Waals surface area contributed by atoms with Crippen LogP contribution in [-0.4, -0.2) is 28.5 Å². The van der Waals surface area contributed by atoms with Crippen molar-refractivity contribution in [2.24, 2.45) is 5.10 Å². The maximum Gasteiger partial charge on any atom is 0.307 e. The fraction of sp³-hybridized carbons (Fsp3) is 0.107. The number of nitrogens with zero attached hydrogens (tertiary/aromatic N) is 3. The van der Waals surface area contributed by atoms with Crippen LogP contribution >= 0.6 is 0 Å². The maximum atomic E-state index is 12.6. The Morgan fingerprint density at radius 2 is 1.83 bits per heavy atom. The largest absolute Gasteiger partial charge is 0.494 e. The van der Waals surface area contributed by atoms with Crippen LogP contribution in [0.15, 0.2) is 101 Å². The number of fused-ring (bicyclic) bond motifs is 1. The van der Waals surface area contributed by atoms with Gasteiger partial charge in [-0.1, -0.05) is 43.3 Å². The normalized spacial score (nSPS) is 11.2. The molecule has 5 aromatic rings. The van der Waals surface area contributed by atoms with Gasteiger partial charge in [0.2, 0.25) is 0 Å². The molecule has 1 N–H and O–H groups in total. The summed E-state index contributed by atoms with van der Waals surface area (Å²) in [5.74, 6) is 0.588. The predicted molar refractivity (Wildman–Crippen MR) is 136 cm³/mol. The summed E-state index contributed by atoms with van der Waals surface area (Å²) in [6, 6.07) is 26.8. The predicted octanol–water partition coefficient (Wildman–Crippen LogP) is 5.84. The van der Waals surface area contributed by atoms with E-state index >= 15 is 0 Å². The second-order valence-corrected chi connectivity index (χ2v) is 7.93. The molecule has 2 aromatic heterocycles. The number of carbonyl (C=O) groups excluding carboxylic acids is 1.